The fourth-order valence-corrected chi connectivity index (χ4v) is 1.17. The Balaban J connectivity index is 5.22. The van der Waals surface area contributed by atoms with Gasteiger partial charge in [-0.05, 0) is 6.08 Å². The summed E-state index contributed by atoms with van der Waals surface area (Å²) in [5.41, 5.74) is 0. The van der Waals surface area contributed by atoms with E-state index >= 15 is 0 Å². The van der Waals surface area contributed by atoms with Gasteiger partial charge in [-0.25, -0.2) is 4.72 Å². The van der Waals surface area contributed by atoms with Crippen LogP contribution in [0.25, 0.3) is 0 Å². The molecule has 0 aliphatic rings. The molecular weight excluding hydrogens is 249 g/mol. The molecule has 0 bridgehead atoms. The molecular formula is C5H4F5NO3S. The molecule has 0 spiro atoms. The molecule has 0 heterocycles. The average Bonchev–Trinajstić information content (AvgIpc) is 2.00. The van der Waals surface area contributed by atoms with Gasteiger partial charge in [0.15, 0.2) is 0 Å². The van der Waals surface area contributed by atoms with Crippen molar-refractivity contribution in [3.8, 4) is 0 Å². The second-order valence-corrected chi connectivity index (χ2v) is 3.91. The van der Waals surface area contributed by atoms with Crippen LogP contribution in [-0.4, -0.2) is 25.8 Å². The number of hydrogen-bond donors (Lipinski definition) is 1. The molecule has 10 heteroatoms. The molecule has 0 saturated carbocycles. The molecule has 1 amide bonds. The molecule has 0 saturated heterocycles. The molecule has 0 aromatic rings. The van der Waals surface area contributed by atoms with Crippen molar-refractivity contribution >= 4 is 15.9 Å². The van der Waals surface area contributed by atoms with Crippen LogP contribution in [-0.2, 0) is 14.8 Å². The Morgan fingerprint density at radius 3 is 1.87 bits per heavy atom. The molecule has 0 atom stereocenters. The van der Waals surface area contributed by atoms with E-state index in [0.29, 0.717) is 4.72 Å². The van der Waals surface area contributed by atoms with Gasteiger partial charge >= 0.3 is 21.5 Å². The van der Waals surface area contributed by atoms with E-state index in [1.807, 2.05) is 0 Å². The molecule has 0 aromatic heterocycles. The zero-order valence-corrected chi connectivity index (χ0v) is 7.62. The summed E-state index contributed by atoms with van der Waals surface area (Å²) in [7, 11) is -6.16. The number of alkyl halides is 5. The third-order valence-electron chi connectivity index (χ3n) is 1.09. The molecule has 0 rings (SSSR count). The highest BCUT2D eigenvalue weighted by Crippen LogP contribution is 2.39. The van der Waals surface area contributed by atoms with Crippen molar-refractivity contribution in [1.29, 1.82) is 0 Å². The van der Waals surface area contributed by atoms with Crippen LogP contribution >= 0.6 is 0 Å². The minimum absolute atomic E-state index is 0.240. The van der Waals surface area contributed by atoms with Gasteiger partial charge in [0.2, 0.25) is 0 Å². The molecule has 88 valence electrons. The minimum Gasteiger partial charge on any atom is -0.269 e. The maximum atomic E-state index is 12.2. The van der Waals surface area contributed by atoms with Gasteiger partial charge in [0, 0.05) is 0 Å². The molecule has 4 nitrogen and oxygen atoms in total. The Labute approximate surface area is 80.8 Å². The van der Waals surface area contributed by atoms with E-state index < -0.39 is 27.4 Å². The van der Waals surface area contributed by atoms with E-state index in [4.69, 9.17) is 0 Å². The number of rotatable bonds is 3. The van der Waals surface area contributed by atoms with Crippen molar-refractivity contribution in [2.24, 2.45) is 0 Å². The average molecular weight is 253 g/mol. The molecule has 0 aliphatic heterocycles. The predicted molar refractivity (Wildman–Crippen MR) is 38.3 cm³/mol. The molecule has 0 aromatic carbocycles. The van der Waals surface area contributed by atoms with Gasteiger partial charge in [-0.2, -0.15) is 30.4 Å². The third kappa shape index (κ3) is 2.64. The van der Waals surface area contributed by atoms with Gasteiger partial charge in [0.1, 0.15) is 0 Å². The van der Waals surface area contributed by atoms with Gasteiger partial charge in [0.25, 0.3) is 5.91 Å². The Morgan fingerprint density at radius 2 is 1.60 bits per heavy atom. The number of carbonyl (C=O) groups excluding carboxylic acids is 1. The van der Waals surface area contributed by atoms with Crippen LogP contribution in [0.1, 0.15) is 0 Å². The van der Waals surface area contributed by atoms with Crippen molar-refractivity contribution in [1.82, 2.24) is 4.72 Å². The van der Waals surface area contributed by atoms with Crippen molar-refractivity contribution in [2.75, 3.05) is 0 Å². The zero-order chi connectivity index (χ0) is 12.5. The fraction of sp³-hybridized carbons (Fsp3) is 0.400. The van der Waals surface area contributed by atoms with Gasteiger partial charge in [-0.15, -0.1) is 0 Å². The summed E-state index contributed by atoms with van der Waals surface area (Å²) in [6, 6.07) is 0. The van der Waals surface area contributed by atoms with E-state index in [1.54, 1.807) is 0 Å². The SMILES string of the molecule is C=CC(=O)NS(=O)(=O)C(F)(F)C(F)(F)F. The van der Waals surface area contributed by atoms with E-state index in [0.717, 1.165) is 0 Å². The highest BCUT2D eigenvalue weighted by Gasteiger charge is 2.67. The van der Waals surface area contributed by atoms with Gasteiger partial charge < -0.3 is 0 Å². The van der Waals surface area contributed by atoms with E-state index in [2.05, 4.69) is 6.58 Å². The monoisotopic (exact) mass is 253 g/mol. The second-order valence-electron chi connectivity index (χ2n) is 2.19. The maximum absolute atomic E-state index is 12.2. The first-order chi connectivity index (χ1) is 6.45. The lowest BCUT2D eigenvalue weighted by Crippen LogP contribution is -2.51. The lowest BCUT2D eigenvalue weighted by molar-refractivity contribution is -0.241. The smallest absolute Gasteiger partial charge is 0.269 e. The standard InChI is InChI=1S/C5H4F5NO3S/c1-2-3(12)11-15(13,14)5(9,10)4(6,7)8/h2H,1H2,(H,11,12). The normalized spacial score (nSPS) is 13.4. The van der Waals surface area contributed by atoms with Gasteiger partial charge in [0.05, 0.1) is 0 Å². The Morgan fingerprint density at radius 1 is 1.20 bits per heavy atom. The van der Waals surface area contributed by atoms with E-state index in [1.165, 1.54) is 0 Å². The summed E-state index contributed by atoms with van der Waals surface area (Å²) in [4.78, 5) is 10.3. The summed E-state index contributed by atoms with van der Waals surface area (Å²) in [6.45, 7) is 2.69. The van der Waals surface area contributed by atoms with Crippen LogP contribution in [0.15, 0.2) is 12.7 Å². The molecule has 0 fully saturated rings. The number of amides is 1. The summed E-state index contributed by atoms with van der Waals surface area (Å²) >= 11 is 0. The molecule has 15 heavy (non-hydrogen) atoms. The highest BCUT2D eigenvalue weighted by molar-refractivity contribution is 7.91. The number of nitrogens with one attached hydrogen (secondary N) is 1. The quantitative estimate of drug-likeness (QED) is 0.597. The first-order valence-electron chi connectivity index (χ1n) is 3.09. The number of sulfonamides is 1. The van der Waals surface area contributed by atoms with Crippen LogP contribution in [0.4, 0.5) is 22.0 Å². The van der Waals surface area contributed by atoms with Crippen molar-refractivity contribution in [3.63, 3.8) is 0 Å². The van der Waals surface area contributed by atoms with E-state index in [9.17, 15) is 35.2 Å². The lowest BCUT2D eigenvalue weighted by atomic mass is 10.6. The first-order valence-corrected chi connectivity index (χ1v) is 4.57. The van der Waals surface area contributed by atoms with Crippen LogP contribution in [0.5, 0.6) is 0 Å². The molecule has 0 aliphatic carbocycles. The lowest BCUT2D eigenvalue weighted by Gasteiger charge is -2.19. The maximum Gasteiger partial charge on any atom is 0.471 e. The minimum atomic E-state index is -6.31. The fourth-order valence-electron chi connectivity index (χ4n) is 0.391. The Bertz CT molecular complexity index is 371. The highest BCUT2D eigenvalue weighted by atomic mass is 32.2. The zero-order valence-electron chi connectivity index (χ0n) is 6.81. The topological polar surface area (TPSA) is 63.2 Å². The van der Waals surface area contributed by atoms with Gasteiger partial charge in [-0.3, -0.25) is 4.79 Å². The Hall–Kier alpha value is -1.19. The van der Waals surface area contributed by atoms with Crippen molar-refractivity contribution < 1.29 is 35.2 Å². The van der Waals surface area contributed by atoms with Crippen LogP contribution < -0.4 is 4.72 Å². The number of hydrogen-bond acceptors (Lipinski definition) is 3. The number of halogens is 5. The van der Waals surface area contributed by atoms with E-state index in [-0.39, 0.29) is 6.08 Å². The van der Waals surface area contributed by atoms with Crippen LogP contribution in [0, 0.1) is 0 Å². The first kappa shape index (κ1) is 13.8. The summed E-state index contributed by atoms with van der Waals surface area (Å²) in [6.07, 6.45) is -6.07. The molecule has 0 unspecified atom stereocenters. The number of carbonyl (C=O) groups is 1. The second kappa shape index (κ2) is 3.76. The predicted octanol–water partition coefficient (Wildman–Crippen LogP) is 0.774. The molecule has 1 N–H and O–H groups in total. The summed E-state index contributed by atoms with van der Waals surface area (Å²) in [5.74, 6) is -1.68. The van der Waals surface area contributed by atoms with Gasteiger partial charge in [-0.1, -0.05) is 6.58 Å². The summed E-state index contributed by atoms with van der Waals surface area (Å²) < 4.78 is 80.6. The largest absolute Gasteiger partial charge is 0.471 e. The van der Waals surface area contributed by atoms with Crippen molar-refractivity contribution in [3.05, 3.63) is 12.7 Å². The third-order valence-corrected chi connectivity index (χ3v) is 2.46. The van der Waals surface area contributed by atoms with Crippen LogP contribution in [0.3, 0.4) is 0 Å². The van der Waals surface area contributed by atoms with Crippen molar-refractivity contribution in [2.45, 2.75) is 11.4 Å². The summed E-state index contributed by atoms with van der Waals surface area (Å²) in [5, 5.41) is -6.04. The molecule has 0 radical (unpaired) electrons. The van der Waals surface area contributed by atoms with Crippen LogP contribution in [0.2, 0.25) is 0 Å². The Kier molecular flexibility index (Phi) is 3.46.